The molecule has 4 rings (SSSR count). The Balaban J connectivity index is 1.59. The summed E-state index contributed by atoms with van der Waals surface area (Å²) >= 11 is 0. The van der Waals surface area contributed by atoms with Gasteiger partial charge in [0.25, 0.3) is 5.91 Å². The normalized spacial score (nSPS) is 17.5. The summed E-state index contributed by atoms with van der Waals surface area (Å²) in [5, 5.41) is 3.46. The van der Waals surface area contributed by atoms with Crippen LogP contribution >= 0.6 is 0 Å². The molecule has 1 aliphatic heterocycles. The number of aromatic nitrogens is 1. The number of oxazole rings is 1. The van der Waals surface area contributed by atoms with Gasteiger partial charge in [0.1, 0.15) is 12.0 Å². The number of amides is 1. The molecule has 0 bridgehead atoms. The zero-order chi connectivity index (χ0) is 26.2. The van der Waals surface area contributed by atoms with Gasteiger partial charge >= 0.3 is 0 Å². The van der Waals surface area contributed by atoms with E-state index in [-0.39, 0.29) is 23.9 Å². The van der Waals surface area contributed by atoms with Crippen LogP contribution in [0.5, 0.6) is 11.5 Å². The van der Waals surface area contributed by atoms with Gasteiger partial charge in [-0.05, 0) is 45.0 Å². The van der Waals surface area contributed by atoms with E-state index in [1.54, 1.807) is 38.7 Å². The molecule has 1 aliphatic rings. The molecule has 2 heterocycles. The van der Waals surface area contributed by atoms with Crippen LogP contribution in [0, 0.1) is 0 Å². The third kappa shape index (κ3) is 6.32. The summed E-state index contributed by atoms with van der Waals surface area (Å²) in [6, 6.07) is 15.2. The molecule has 37 heavy (non-hydrogen) atoms. The number of piperidine rings is 1. The second kappa shape index (κ2) is 12.7. The van der Waals surface area contributed by atoms with Gasteiger partial charge in [-0.2, -0.15) is 0 Å². The van der Waals surface area contributed by atoms with Crippen molar-refractivity contribution in [1.82, 2.24) is 15.2 Å². The molecule has 2 atom stereocenters. The van der Waals surface area contributed by atoms with Gasteiger partial charge in [-0.3, -0.25) is 4.79 Å². The van der Waals surface area contributed by atoms with Gasteiger partial charge < -0.3 is 28.8 Å². The van der Waals surface area contributed by atoms with Gasteiger partial charge in [0.05, 0.1) is 25.7 Å². The Morgan fingerprint density at radius 1 is 1.14 bits per heavy atom. The monoisotopic (exact) mass is 507 g/mol. The molecule has 198 valence electrons. The van der Waals surface area contributed by atoms with Crippen molar-refractivity contribution in [3.05, 3.63) is 66.2 Å². The zero-order valence-corrected chi connectivity index (χ0v) is 22.1. The van der Waals surface area contributed by atoms with Crippen LogP contribution in [0.25, 0.3) is 11.3 Å². The van der Waals surface area contributed by atoms with Crippen molar-refractivity contribution < 1.29 is 23.4 Å². The Morgan fingerprint density at radius 3 is 2.68 bits per heavy atom. The SMILES string of the molecule is COCCCOc1cc(C(=O)N(C(C)C)C2CNCC[C@@H]2c2nc(-c3ccccc3)co2)ccc1OC. The van der Waals surface area contributed by atoms with Crippen molar-refractivity contribution in [3.63, 3.8) is 0 Å². The van der Waals surface area contributed by atoms with E-state index in [0.29, 0.717) is 42.7 Å². The molecule has 1 unspecified atom stereocenters. The lowest BCUT2D eigenvalue weighted by atomic mass is 9.89. The van der Waals surface area contributed by atoms with Crippen LogP contribution in [0.2, 0.25) is 0 Å². The van der Waals surface area contributed by atoms with Crippen molar-refractivity contribution in [2.45, 2.75) is 44.7 Å². The summed E-state index contributed by atoms with van der Waals surface area (Å²) in [5.74, 6) is 1.73. The van der Waals surface area contributed by atoms with E-state index in [1.807, 2.05) is 49.1 Å². The van der Waals surface area contributed by atoms with Crippen molar-refractivity contribution in [3.8, 4) is 22.8 Å². The number of hydrogen-bond acceptors (Lipinski definition) is 7. The van der Waals surface area contributed by atoms with Crippen LogP contribution in [-0.4, -0.2) is 68.4 Å². The van der Waals surface area contributed by atoms with E-state index in [9.17, 15) is 4.79 Å². The Hall–Kier alpha value is -3.36. The van der Waals surface area contributed by atoms with Gasteiger partial charge in [-0.25, -0.2) is 4.98 Å². The lowest BCUT2D eigenvalue weighted by Gasteiger charge is -2.41. The maximum Gasteiger partial charge on any atom is 0.254 e. The molecule has 8 nitrogen and oxygen atoms in total. The van der Waals surface area contributed by atoms with Crippen LogP contribution in [0.4, 0.5) is 0 Å². The predicted octanol–water partition coefficient (Wildman–Crippen LogP) is 4.76. The number of nitrogens with one attached hydrogen (secondary N) is 1. The first kappa shape index (κ1) is 26.7. The highest BCUT2D eigenvalue weighted by Crippen LogP contribution is 2.34. The van der Waals surface area contributed by atoms with Crippen molar-refractivity contribution in [2.24, 2.45) is 0 Å². The van der Waals surface area contributed by atoms with Crippen LogP contribution in [0.3, 0.4) is 0 Å². The van der Waals surface area contributed by atoms with Gasteiger partial charge in [0.2, 0.25) is 0 Å². The van der Waals surface area contributed by atoms with E-state index < -0.39 is 0 Å². The highest BCUT2D eigenvalue weighted by molar-refractivity contribution is 5.95. The fourth-order valence-electron chi connectivity index (χ4n) is 4.85. The van der Waals surface area contributed by atoms with Crippen LogP contribution in [-0.2, 0) is 4.74 Å². The minimum Gasteiger partial charge on any atom is -0.493 e. The molecule has 1 amide bonds. The first-order valence-corrected chi connectivity index (χ1v) is 12.9. The quantitative estimate of drug-likeness (QED) is 0.375. The van der Waals surface area contributed by atoms with Gasteiger partial charge in [-0.1, -0.05) is 30.3 Å². The molecule has 1 aromatic heterocycles. The van der Waals surface area contributed by atoms with Gasteiger partial charge in [0, 0.05) is 43.9 Å². The summed E-state index contributed by atoms with van der Waals surface area (Å²) in [7, 11) is 3.26. The standard InChI is InChI=1S/C29H37N3O5/c1-20(2)32(29(33)22-11-12-26(35-4)27(17-22)36-16-8-15-34-3)25-18-30-14-13-23(25)28-31-24(19-37-28)21-9-6-5-7-10-21/h5-7,9-12,17,19-20,23,25,30H,8,13-16,18H2,1-4H3/t23-,25?/m0/s1. The molecule has 0 radical (unpaired) electrons. The summed E-state index contributed by atoms with van der Waals surface area (Å²) in [6.45, 7) is 6.66. The van der Waals surface area contributed by atoms with Gasteiger partial charge in [-0.15, -0.1) is 0 Å². The molecule has 0 spiro atoms. The first-order chi connectivity index (χ1) is 18.0. The molecular formula is C29H37N3O5. The summed E-state index contributed by atoms with van der Waals surface area (Å²) in [4.78, 5) is 20.7. The number of carbonyl (C=O) groups excluding carboxylic acids is 1. The second-order valence-electron chi connectivity index (χ2n) is 9.47. The number of methoxy groups -OCH3 is 2. The van der Waals surface area contributed by atoms with Crippen molar-refractivity contribution >= 4 is 5.91 Å². The minimum absolute atomic E-state index is 0.0203. The third-order valence-corrected chi connectivity index (χ3v) is 6.67. The molecule has 2 aromatic carbocycles. The molecular weight excluding hydrogens is 470 g/mol. The van der Waals surface area contributed by atoms with E-state index >= 15 is 0 Å². The van der Waals surface area contributed by atoms with E-state index in [2.05, 4.69) is 5.32 Å². The molecule has 8 heteroatoms. The number of ether oxygens (including phenoxy) is 3. The number of benzene rings is 2. The Bertz CT molecular complexity index is 1150. The van der Waals surface area contributed by atoms with Crippen molar-refractivity contribution in [2.75, 3.05) is 40.5 Å². The number of carbonyl (C=O) groups is 1. The second-order valence-corrected chi connectivity index (χ2v) is 9.47. The molecule has 1 N–H and O–H groups in total. The maximum atomic E-state index is 13.9. The third-order valence-electron chi connectivity index (χ3n) is 6.67. The molecule has 3 aromatic rings. The topological polar surface area (TPSA) is 86.1 Å². The molecule has 1 saturated heterocycles. The van der Waals surface area contributed by atoms with E-state index in [4.69, 9.17) is 23.6 Å². The lowest BCUT2D eigenvalue weighted by Crippen LogP contribution is -2.55. The number of rotatable bonds is 11. The smallest absolute Gasteiger partial charge is 0.254 e. The summed E-state index contributed by atoms with van der Waals surface area (Å²) in [6.07, 6.45) is 3.28. The predicted molar refractivity (Wildman–Crippen MR) is 142 cm³/mol. The maximum absolute atomic E-state index is 13.9. The average molecular weight is 508 g/mol. The van der Waals surface area contributed by atoms with Crippen LogP contribution in [0.1, 0.15) is 48.9 Å². The highest BCUT2D eigenvalue weighted by atomic mass is 16.5. The minimum atomic E-state index is -0.114. The zero-order valence-electron chi connectivity index (χ0n) is 22.1. The number of hydrogen-bond donors (Lipinski definition) is 1. The Kier molecular flexibility index (Phi) is 9.19. The fraction of sp³-hybridized carbons (Fsp3) is 0.448. The first-order valence-electron chi connectivity index (χ1n) is 12.9. The lowest BCUT2D eigenvalue weighted by molar-refractivity contribution is 0.0519. The summed E-state index contributed by atoms with van der Waals surface area (Å²) in [5.41, 5.74) is 2.37. The fourth-order valence-corrected chi connectivity index (χ4v) is 4.85. The Labute approximate surface area is 218 Å². The largest absolute Gasteiger partial charge is 0.493 e. The van der Waals surface area contributed by atoms with Crippen LogP contribution in [0.15, 0.2) is 59.2 Å². The number of nitrogens with zero attached hydrogens (tertiary/aromatic N) is 2. The van der Waals surface area contributed by atoms with E-state index in [1.165, 1.54) is 0 Å². The van der Waals surface area contributed by atoms with Gasteiger partial charge in [0.15, 0.2) is 17.4 Å². The average Bonchev–Trinajstić information content (AvgIpc) is 3.42. The molecule has 1 fully saturated rings. The highest BCUT2D eigenvalue weighted by Gasteiger charge is 2.38. The molecule has 0 aliphatic carbocycles. The van der Waals surface area contributed by atoms with Crippen LogP contribution < -0.4 is 14.8 Å². The molecule has 0 saturated carbocycles. The van der Waals surface area contributed by atoms with E-state index in [0.717, 1.165) is 30.6 Å². The summed E-state index contributed by atoms with van der Waals surface area (Å²) < 4.78 is 22.5. The Morgan fingerprint density at radius 2 is 1.95 bits per heavy atom. The van der Waals surface area contributed by atoms with Crippen molar-refractivity contribution in [1.29, 1.82) is 0 Å².